The van der Waals surface area contributed by atoms with Crippen LogP contribution in [-0.4, -0.2) is 15.8 Å². The summed E-state index contributed by atoms with van der Waals surface area (Å²) in [4.78, 5) is 0. The van der Waals surface area contributed by atoms with Crippen molar-refractivity contribution in [2.75, 3.05) is 0 Å². The van der Waals surface area contributed by atoms with Crippen LogP contribution in [0, 0.1) is 20.8 Å². The van der Waals surface area contributed by atoms with Crippen LogP contribution in [0.4, 0.5) is 0 Å². The van der Waals surface area contributed by atoms with Gasteiger partial charge in [0.1, 0.15) is 0 Å². The maximum atomic E-state index is 4.54. The van der Waals surface area contributed by atoms with Gasteiger partial charge in [-0.1, -0.05) is 12.1 Å². The largest absolute Gasteiger partial charge is 0.310 e. The Hall–Kier alpha value is -1.61. The number of nitrogens with one attached hydrogen (secondary N) is 1. The summed E-state index contributed by atoms with van der Waals surface area (Å²) in [5, 5.41) is 8.13. The van der Waals surface area contributed by atoms with Crippen molar-refractivity contribution in [2.24, 2.45) is 7.05 Å². The minimum absolute atomic E-state index is 0.751. The number of rotatable bonds is 4. The van der Waals surface area contributed by atoms with Gasteiger partial charge in [0.2, 0.25) is 0 Å². The number of aryl methyl sites for hydroxylation is 3. The highest BCUT2D eigenvalue weighted by atomic mass is 15.3. The minimum Gasteiger partial charge on any atom is -0.310 e. The molecule has 0 saturated heterocycles. The van der Waals surface area contributed by atoms with Crippen molar-refractivity contribution in [3.05, 3.63) is 40.7 Å². The summed E-state index contributed by atoms with van der Waals surface area (Å²) in [7, 11) is 2.01. The summed E-state index contributed by atoms with van der Waals surface area (Å²) in [5.74, 6) is 0. The zero-order chi connectivity index (χ0) is 14.3. The molecule has 20 heavy (non-hydrogen) atoms. The van der Waals surface area contributed by atoms with Crippen molar-refractivity contribution in [3.63, 3.8) is 0 Å². The topological polar surface area (TPSA) is 29.9 Å². The zero-order valence-electron chi connectivity index (χ0n) is 12.8. The van der Waals surface area contributed by atoms with Crippen LogP contribution in [0.15, 0.2) is 18.2 Å². The van der Waals surface area contributed by atoms with Crippen LogP contribution in [-0.2, 0) is 13.6 Å². The van der Waals surface area contributed by atoms with Gasteiger partial charge >= 0.3 is 0 Å². The van der Waals surface area contributed by atoms with Crippen molar-refractivity contribution in [2.45, 2.75) is 46.2 Å². The fourth-order valence-electron chi connectivity index (χ4n) is 2.76. The fourth-order valence-corrected chi connectivity index (χ4v) is 2.76. The molecule has 1 fully saturated rings. The minimum atomic E-state index is 0.751. The zero-order valence-corrected chi connectivity index (χ0v) is 12.8. The van der Waals surface area contributed by atoms with Crippen LogP contribution in [0.2, 0.25) is 0 Å². The van der Waals surface area contributed by atoms with Crippen LogP contribution in [0.25, 0.3) is 11.1 Å². The van der Waals surface area contributed by atoms with Crippen LogP contribution in [0.5, 0.6) is 0 Å². The lowest BCUT2D eigenvalue weighted by Crippen LogP contribution is -2.15. The Morgan fingerprint density at radius 1 is 1.25 bits per heavy atom. The Morgan fingerprint density at radius 2 is 2.00 bits per heavy atom. The number of hydrogen-bond acceptors (Lipinski definition) is 2. The molecule has 0 amide bonds. The van der Waals surface area contributed by atoms with Crippen molar-refractivity contribution < 1.29 is 0 Å². The van der Waals surface area contributed by atoms with Crippen LogP contribution < -0.4 is 5.32 Å². The van der Waals surface area contributed by atoms with E-state index in [9.17, 15) is 0 Å². The summed E-state index contributed by atoms with van der Waals surface area (Å²) in [6, 6.07) is 7.53. The molecule has 2 aromatic rings. The average Bonchev–Trinajstić information content (AvgIpc) is 3.19. The molecule has 3 rings (SSSR count). The standard InChI is InChI=1S/C17H23N3/c1-11-5-6-14(10-18-15-7-8-15)9-16(11)17-12(2)19-20(4)13(17)3/h5-6,9,15,18H,7-8,10H2,1-4H3. The highest BCUT2D eigenvalue weighted by Gasteiger charge is 2.20. The molecule has 1 saturated carbocycles. The summed E-state index contributed by atoms with van der Waals surface area (Å²) >= 11 is 0. The van der Waals surface area contributed by atoms with E-state index in [0.717, 1.165) is 18.3 Å². The number of nitrogens with zero attached hydrogens (tertiary/aromatic N) is 2. The van der Waals surface area contributed by atoms with Gasteiger partial charge in [-0.3, -0.25) is 4.68 Å². The van der Waals surface area contributed by atoms with Gasteiger partial charge in [0.25, 0.3) is 0 Å². The second-order valence-electron chi connectivity index (χ2n) is 5.97. The first-order valence-corrected chi connectivity index (χ1v) is 7.39. The lowest BCUT2D eigenvalue weighted by atomic mass is 9.96. The van der Waals surface area contributed by atoms with Crippen molar-refractivity contribution >= 4 is 0 Å². The second kappa shape index (κ2) is 5.06. The maximum absolute atomic E-state index is 4.54. The normalized spacial score (nSPS) is 14.8. The van der Waals surface area contributed by atoms with Crippen molar-refractivity contribution in [1.82, 2.24) is 15.1 Å². The summed E-state index contributed by atoms with van der Waals surface area (Å²) in [5.41, 5.74) is 7.64. The van der Waals surface area contributed by atoms with E-state index >= 15 is 0 Å². The first-order valence-electron chi connectivity index (χ1n) is 7.39. The van der Waals surface area contributed by atoms with Crippen molar-refractivity contribution in [3.8, 4) is 11.1 Å². The van der Waals surface area contributed by atoms with Crippen molar-refractivity contribution in [1.29, 1.82) is 0 Å². The van der Waals surface area contributed by atoms with E-state index in [1.165, 1.54) is 40.8 Å². The summed E-state index contributed by atoms with van der Waals surface area (Å²) in [6.45, 7) is 7.39. The average molecular weight is 269 g/mol. The van der Waals surface area contributed by atoms with Gasteiger partial charge in [-0.25, -0.2) is 0 Å². The van der Waals surface area contributed by atoms with Gasteiger partial charge in [0, 0.05) is 30.9 Å². The molecule has 3 nitrogen and oxygen atoms in total. The third-order valence-corrected chi connectivity index (χ3v) is 4.25. The molecule has 1 N–H and O–H groups in total. The van der Waals surface area contributed by atoms with E-state index in [1.54, 1.807) is 0 Å². The molecule has 3 heteroatoms. The molecule has 1 aromatic heterocycles. The van der Waals surface area contributed by atoms with Crippen LogP contribution in [0.1, 0.15) is 35.4 Å². The molecule has 1 heterocycles. The molecule has 1 aliphatic rings. The van der Waals surface area contributed by atoms with E-state index in [4.69, 9.17) is 0 Å². The van der Waals surface area contributed by atoms with Gasteiger partial charge in [0.05, 0.1) is 5.69 Å². The van der Waals surface area contributed by atoms with E-state index in [0.29, 0.717) is 0 Å². The van der Waals surface area contributed by atoms with Crippen LogP contribution in [0.3, 0.4) is 0 Å². The Balaban J connectivity index is 1.96. The Labute approximate surface area is 121 Å². The molecule has 0 atom stereocenters. The molecule has 106 valence electrons. The molecule has 0 bridgehead atoms. The Bertz CT molecular complexity index is 636. The highest BCUT2D eigenvalue weighted by molar-refractivity contribution is 5.72. The predicted molar refractivity (Wildman–Crippen MR) is 82.7 cm³/mol. The van der Waals surface area contributed by atoms with Gasteiger partial charge in [-0.15, -0.1) is 0 Å². The Kier molecular flexibility index (Phi) is 3.38. The quantitative estimate of drug-likeness (QED) is 0.923. The van der Waals surface area contributed by atoms with Gasteiger partial charge in [-0.2, -0.15) is 5.10 Å². The maximum Gasteiger partial charge on any atom is 0.0674 e. The van der Waals surface area contributed by atoms with E-state index in [1.807, 2.05) is 11.7 Å². The molecule has 1 aromatic carbocycles. The first-order chi connectivity index (χ1) is 9.56. The summed E-state index contributed by atoms with van der Waals surface area (Å²) in [6.07, 6.45) is 2.67. The van der Waals surface area contributed by atoms with Gasteiger partial charge in [0.15, 0.2) is 0 Å². The molecule has 0 aliphatic heterocycles. The summed E-state index contributed by atoms with van der Waals surface area (Å²) < 4.78 is 1.97. The molecular formula is C17H23N3. The Morgan fingerprint density at radius 3 is 2.60 bits per heavy atom. The second-order valence-corrected chi connectivity index (χ2v) is 5.97. The predicted octanol–water partition coefficient (Wildman–Crippen LogP) is 3.26. The molecule has 0 spiro atoms. The fraction of sp³-hybridized carbons (Fsp3) is 0.471. The van der Waals surface area contributed by atoms with E-state index in [2.05, 4.69) is 49.4 Å². The van der Waals surface area contributed by atoms with E-state index < -0.39 is 0 Å². The number of hydrogen-bond donors (Lipinski definition) is 1. The third kappa shape index (κ3) is 2.50. The van der Waals surface area contributed by atoms with E-state index in [-0.39, 0.29) is 0 Å². The van der Waals surface area contributed by atoms with Crippen LogP contribution >= 0.6 is 0 Å². The lowest BCUT2D eigenvalue weighted by Gasteiger charge is -2.10. The number of aromatic nitrogens is 2. The number of benzene rings is 1. The molecule has 0 radical (unpaired) electrons. The monoisotopic (exact) mass is 269 g/mol. The third-order valence-electron chi connectivity index (χ3n) is 4.25. The smallest absolute Gasteiger partial charge is 0.0674 e. The van der Waals surface area contributed by atoms with Gasteiger partial charge in [-0.05, 0) is 56.4 Å². The highest BCUT2D eigenvalue weighted by Crippen LogP contribution is 2.30. The molecule has 1 aliphatic carbocycles. The lowest BCUT2D eigenvalue weighted by molar-refractivity contribution is 0.688. The van der Waals surface area contributed by atoms with Gasteiger partial charge < -0.3 is 5.32 Å². The molecular weight excluding hydrogens is 246 g/mol. The molecule has 0 unspecified atom stereocenters. The first kappa shape index (κ1) is 13.4. The SMILES string of the molecule is Cc1ccc(CNC2CC2)cc1-c1c(C)nn(C)c1C.